The zero-order valence-corrected chi connectivity index (χ0v) is 13.5. The van der Waals surface area contributed by atoms with Gasteiger partial charge in [-0.2, -0.15) is 0 Å². The molecule has 0 aliphatic heterocycles. The first-order valence-corrected chi connectivity index (χ1v) is 7.68. The van der Waals surface area contributed by atoms with Crippen LogP contribution in [0.3, 0.4) is 0 Å². The monoisotopic (exact) mass is 326 g/mol. The van der Waals surface area contributed by atoms with Crippen molar-refractivity contribution in [2.75, 3.05) is 0 Å². The van der Waals surface area contributed by atoms with Gasteiger partial charge in [-0.3, -0.25) is 10.1 Å². The second kappa shape index (κ2) is 5.97. The van der Waals surface area contributed by atoms with Crippen LogP contribution < -0.4 is 0 Å². The van der Waals surface area contributed by atoms with Gasteiger partial charge in [-0.1, -0.05) is 49.7 Å². The largest absolute Gasteiger partial charge is 0.296 e. The standard InChI is InChI=1S/C18H15ClN2O2/c1-11(2)12-7-8-16-14(9-12)18(17(10-20-16)21(22)23)13-5-3-4-6-15(13)19/h3-11H,1-2H3. The third-order valence-corrected chi connectivity index (χ3v) is 4.21. The summed E-state index contributed by atoms with van der Waals surface area (Å²) in [7, 11) is 0. The lowest BCUT2D eigenvalue weighted by Crippen LogP contribution is -1.97. The topological polar surface area (TPSA) is 56.0 Å². The van der Waals surface area contributed by atoms with Gasteiger partial charge in [-0.05, 0) is 29.7 Å². The maximum atomic E-state index is 11.5. The van der Waals surface area contributed by atoms with Crippen LogP contribution in [0.2, 0.25) is 5.02 Å². The van der Waals surface area contributed by atoms with Gasteiger partial charge in [0.2, 0.25) is 0 Å². The molecule has 0 aliphatic rings. The molecule has 0 fully saturated rings. The molecule has 0 amide bonds. The molecule has 5 heteroatoms. The lowest BCUT2D eigenvalue weighted by atomic mass is 9.95. The van der Waals surface area contributed by atoms with Gasteiger partial charge in [0, 0.05) is 16.0 Å². The molecule has 4 nitrogen and oxygen atoms in total. The van der Waals surface area contributed by atoms with E-state index in [1.807, 2.05) is 24.3 Å². The maximum Gasteiger partial charge on any atom is 0.296 e. The minimum absolute atomic E-state index is 0.0356. The summed E-state index contributed by atoms with van der Waals surface area (Å²) in [5, 5.41) is 12.7. The molecule has 3 aromatic rings. The van der Waals surface area contributed by atoms with Crippen molar-refractivity contribution in [3.8, 4) is 11.1 Å². The normalized spacial score (nSPS) is 11.1. The van der Waals surface area contributed by atoms with Crippen molar-refractivity contribution in [2.24, 2.45) is 0 Å². The molecule has 0 bridgehead atoms. The summed E-state index contributed by atoms with van der Waals surface area (Å²) in [5.41, 5.74) is 2.96. The fourth-order valence-corrected chi connectivity index (χ4v) is 2.87. The Kier molecular flexibility index (Phi) is 4.01. The van der Waals surface area contributed by atoms with E-state index in [0.29, 0.717) is 22.1 Å². The fraction of sp³-hybridized carbons (Fsp3) is 0.167. The minimum atomic E-state index is -0.410. The van der Waals surface area contributed by atoms with E-state index >= 15 is 0 Å². The SMILES string of the molecule is CC(C)c1ccc2ncc([N+](=O)[O-])c(-c3ccccc3Cl)c2c1. The summed E-state index contributed by atoms with van der Waals surface area (Å²) < 4.78 is 0. The maximum absolute atomic E-state index is 11.5. The molecule has 0 aliphatic carbocycles. The number of halogens is 1. The van der Waals surface area contributed by atoms with Crippen LogP contribution in [0.25, 0.3) is 22.0 Å². The van der Waals surface area contributed by atoms with Gasteiger partial charge in [0.05, 0.1) is 16.0 Å². The molecular formula is C18H15ClN2O2. The lowest BCUT2D eigenvalue weighted by molar-refractivity contribution is -0.384. The Bertz CT molecular complexity index is 907. The number of hydrogen-bond donors (Lipinski definition) is 0. The number of fused-ring (bicyclic) bond motifs is 1. The van der Waals surface area contributed by atoms with Crippen molar-refractivity contribution in [2.45, 2.75) is 19.8 Å². The van der Waals surface area contributed by atoms with E-state index in [1.54, 1.807) is 18.2 Å². The Morgan fingerprint density at radius 3 is 2.57 bits per heavy atom. The molecule has 0 N–H and O–H groups in total. The third kappa shape index (κ3) is 2.78. The molecule has 1 aromatic heterocycles. The fourth-order valence-electron chi connectivity index (χ4n) is 2.64. The number of benzene rings is 2. The van der Waals surface area contributed by atoms with E-state index in [9.17, 15) is 10.1 Å². The molecule has 2 aromatic carbocycles. The van der Waals surface area contributed by atoms with Crippen molar-refractivity contribution in [3.63, 3.8) is 0 Å². The predicted molar refractivity (Wildman–Crippen MR) is 92.9 cm³/mol. The molecule has 0 spiro atoms. The van der Waals surface area contributed by atoms with Gasteiger partial charge < -0.3 is 0 Å². The van der Waals surface area contributed by atoms with E-state index in [0.717, 1.165) is 16.5 Å². The van der Waals surface area contributed by atoms with Crippen LogP contribution in [0.15, 0.2) is 48.7 Å². The number of hydrogen-bond acceptors (Lipinski definition) is 3. The van der Waals surface area contributed by atoms with Crippen LogP contribution in [-0.4, -0.2) is 9.91 Å². The summed E-state index contributed by atoms with van der Waals surface area (Å²) in [6, 6.07) is 13.0. The molecule has 0 radical (unpaired) electrons. The highest BCUT2D eigenvalue weighted by atomic mass is 35.5. The van der Waals surface area contributed by atoms with Crippen LogP contribution in [0, 0.1) is 10.1 Å². The van der Waals surface area contributed by atoms with Crippen molar-refractivity contribution < 1.29 is 4.92 Å². The average Bonchev–Trinajstić information content (AvgIpc) is 2.53. The molecule has 0 unspecified atom stereocenters. The van der Waals surface area contributed by atoms with Crippen LogP contribution in [0.5, 0.6) is 0 Å². The van der Waals surface area contributed by atoms with Gasteiger partial charge in [-0.15, -0.1) is 0 Å². The second-order valence-corrected chi connectivity index (χ2v) is 6.09. The van der Waals surface area contributed by atoms with Crippen molar-refractivity contribution in [1.29, 1.82) is 0 Å². The molecule has 0 saturated heterocycles. The highest BCUT2D eigenvalue weighted by Crippen LogP contribution is 2.39. The predicted octanol–water partition coefficient (Wildman–Crippen LogP) is 5.59. The molecule has 0 saturated carbocycles. The second-order valence-electron chi connectivity index (χ2n) is 5.69. The third-order valence-electron chi connectivity index (χ3n) is 3.88. The van der Waals surface area contributed by atoms with E-state index < -0.39 is 4.92 Å². The van der Waals surface area contributed by atoms with Gasteiger partial charge >= 0.3 is 0 Å². The number of pyridine rings is 1. The Labute approximate surface area is 138 Å². The van der Waals surface area contributed by atoms with Gasteiger partial charge in [-0.25, -0.2) is 4.98 Å². The van der Waals surface area contributed by atoms with Crippen molar-refractivity contribution >= 4 is 28.2 Å². The van der Waals surface area contributed by atoms with Crippen LogP contribution in [-0.2, 0) is 0 Å². The summed E-state index contributed by atoms with van der Waals surface area (Å²) in [5.74, 6) is 0.317. The first-order chi connectivity index (χ1) is 11.0. The van der Waals surface area contributed by atoms with Crippen LogP contribution in [0.4, 0.5) is 5.69 Å². The Hall–Kier alpha value is -2.46. The molecule has 116 valence electrons. The van der Waals surface area contributed by atoms with Crippen LogP contribution >= 0.6 is 11.6 Å². The highest BCUT2D eigenvalue weighted by molar-refractivity contribution is 6.34. The lowest BCUT2D eigenvalue weighted by Gasteiger charge is -2.12. The number of nitrogens with zero attached hydrogens (tertiary/aromatic N) is 2. The minimum Gasteiger partial charge on any atom is -0.258 e. The van der Waals surface area contributed by atoms with Gasteiger partial charge in [0.15, 0.2) is 0 Å². The zero-order chi connectivity index (χ0) is 16.6. The summed E-state index contributed by atoms with van der Waals surface area (Å²) in [6.45, 7) is 4.17. The zero-order valence-electron chi connectivity index (χ0n) is 12.8. The molecule has 3 rings (SSSR count). The van der Waals surface area contributed by atoms with Gasteiger partial charge in [0.1, 0.15) is 6.20 Å². The average molecular weight is 327 g/mol. The molecule has 0 atom stereocenters. The Balaban J connectivity index is 2.44. The highest BCUT2D eigenvalue weighted by Gasteiger charge is 2.21. The molecular weight excluding hydrogens is 312 g/mol. The van der Waals surface area contributed by atoms with E-state index in [4.69, 9.17) is 11.6 Å². The number of nitro groups is 1. The number of rotatable bonds is 3. The first kappa shape index (κ1) is 15.4. The Morgan fingerprint density at radius 2 is 1.91 bits per heavy atom. The molecule has 23 heavy (non-hydrogen) atoms. The summed E-state index contributed by atoms with van der Waals surface area (Å²) >= 11 is 6.30. The number of aromatic nitrogens is 1. The van der Waals surface area contributed by atoms with Crippen molar-refractivity contribution in [1.82, 2.24) is 4.98 Å². The quantitative estimate of drug-likeness (QED) is 0.466. The summed E-state index contributed by atoms with van der Waals surface area (Å²) in [4.78, 5) is 15.3. The first-order valence-electron chi connectivity index (χ1n) is 7.31. The summed E-state index contributed by atoms with van der Waals surface area (Å²) in [6.07, 6.45) is 1.30. The van der Waals surface area contributed by atoms with Crippen molar-refractivity contribution in [3.05, 3.63) is 69.4 Å². The van der Waals surface area contributed by atoms with E-state index in [2.05, 4.69) is 18.8 Å². The van der Waals surface area contributed by atoms with E-state index in [-0.39, 0.29) is 5.69 Å². The van der Waals surface area contributed by atoms with E-state index in [1.165, 1.54) is 6.20 Å². The Morgan fingerprint density at radius 1 is 1.17 bits per heavy atom. The molecule has 1 heterocycles. The smallest absolute Gasteiger partial charge is 0.258 e. The van der Waals surface area contributed by atoms with Gasteiger partial charge in [0.25, 0.3) is 5.69 Å². The van der Waals surface area contributed by atoms with Crippen LogP contribution in [0.1, 0.15) is 25.3 Å².